The Labute approximate surface area is 175 Å². The van der Waals surface area contributed by atoms with E-state index in [9.17, 15) is 19.2 Å². The van der Waals surface area contributed by atoms with Crippen LogP contribution in [0.25, 0.3) is 0 Å². The van der Waals surface area contributed by atoms with Gasteiger partial charge in [0, 0.05) is 17.8 Å². The van der Waals surface area contributed by atoms with Gasteiger partial charge in [0.15, 0.2) is 0 Å². The van der Waals surface area contributed by atoms with Gasteiger partial charge in [-0.15, -0.1) is 0 Å². The van der Waals surface area contributed by atoms with Crippen molar-refractivity contribution in [1.29, 1.82) is 0 Å². The van der Waals surface area contributed by atoms with Crippen LogP contribution in [0.5, 0.6) is 0 Å². The first-order valence-corrected chi connectivity index (χ1v) is 9.40. The summed E-state index contributed by atoms with van der Waals surface area (Å²) in [6.07, 6.45) is 0.959. The summed E-state index contributed by atoms with van der Waals surface area (Å²) in [4.78, 5) is 48.4. The second kappa shape index (κ2) is 12.1. The van der Waals surface area contributed by atoms with E-state index in [2.05, 4.69) is 17.2 Å². The fraction of sp³-hybridized carbons (Fsp3) is 0.400. The first-order chi connectivity index (χ1) is 14.2. The Kier molecular flexibility index (Phi) is 9.87. The van der Waals surface area contributed by atoms with Crippen LogP contribution >= 0.6 is 0 Å². The number of hydrogen-bond acceptors (Lipinski definition) is 8. The molecule has 0 aliphatic heterocycles. The van der Waals surface area contributed by atoms with Crippen molar-refractivity contribution in [3.63, 3.8) is 0 Å². The maximum absolute atomic E-state index is 12.5. The number of benzene rings is 1. The van der Waals surface area contributed by atoms with E-state index in [4.69, 9.17) is 20.9 Å². The number of nitrogen functional groups attached to an aromatic ring is 2. The minimum Gasteiger partial charge on any atom is -0.465 e. The van der Waals surface area contributed by atoms with Crippen LogP contribution in [0.1, 0.15) is 26.7 Å². The Morgan fingerprint density at radius 3 is 2.37 bits per heavy atom. The molecule has 0 aliphatic rings. The first kappa shape index (κ1) is 24.5. The molecule has 0 aromatic heterocycles. The molecule has 0 saturated carbocycles. The third-order valence-corrected chi connectivity index (χ3v) is 3.85. The van der Waals surface area contributed by atoms with E-state index in [0.29, 0.717) is 24.1 Å². The number of amides is 2. The second-order valence-corrected chi connectivity index (χ2v) is 6.43. The van der Waals surface area contributed by atoms with E-state index in [1.54, 1.807) is 13.8 Å². The Morgan fingerprint density at radius 2 is 1.77 bits per heavy atom. The molecule has 2 amide bonds. The number of hydrogen-bond donors (Lipinski definition) is 4. The summed E-state index contributed by atoms with van der Waals surface area (Å²) in [7, 11) is 0. The maximum Gasteiger partial charge on any atom is 0.333 e. The highest BCUT2D eigenvalue weighted by Crippen LogP contribution is 2.20. The molecule has 0 fully saturated rings. The van der Waals surface area contributed by atoms with Crippen molar-refractivity contribution in [2.24, 2.45) is 5.92 Å². The molecule has 6 N–H and O–H groups in total. The molecule has 0 aliphatic carbocycles. The smallest absolute Gasteiger partial charge is 0.333 e. The summed E-state index contributed by atoms with van der Waals surface area (Å²) in [5.74, 6) is -4.79. The van der Waals surface area contributed by atoms with Gasteiger partial charge in [0.25, 0.3) is 0 Å². The van der Waals surface area contributed by atoms with E-state index in [1.165, 1.54) is 18.2 Å². The topological polar surface area (TPSA) is 163 Å². The number of nitrogens with two attached hydrogens (primary N) is 2. The number of unbranched alkanes of at least 4 members (excludes halogenated alkanes) is 1. The monoisotopic (exact) mass is 420 g/mol. The Morgan fingerprint density at radius 1 is 1.07 bits per heavy atom. The lowest BCUT2D eigenvalue weighted by Gasteiger charge is -2.16. The molecule has 0 spiro atoms. The number of ether oxygens (including phenoxy) is 2. The predicted octanol–water partition coefficient (Wildman–Crippen LogP) is 0.985. The molecule has 0 bridgehead atoms. The maximum atomic E-state index is 12.5. The number of carbonyl (C=O) groups is 4. The molecule has 1 unspecified atom stereocenters. The lowest BCUT2D eigenvalue weighted by Crippen LogP contribution is -2.44. The van der Waals surface area contributed by atoms with Gasteiger partial charge in [-0.2, -0.15) is 0 Å². The van der Waals surface area contributed by atoms with Crippen molar-refractivity contribution in [1.82, 2.24) is 5.32 Å². The number of carbonyl (C=O) groups excluding carboxylic acids is 4. The molecule has 1 rings (SSSR count). The quantitative estimate of drug-likeness (QED) is 0.135. The molecule has 164 valence electrons. The third kappa shape index (κ3) is 7.82. The van der Waals surface area contributed by atoms with Crippen molar-refractivity contribution < 1.29 is 28.7 Å². The summed E-state index contributed by atoms with van der Waals surface area (Å²) in [5.41, 5.74) is 12.5. The highest BCUT2D eigenvalue weighted by atomic mass is 16.5. The standard InChI is InChI=1S/C20H28N4O6/c1-4-29-20(28)16(18(26)24-13-7-8-14(21)15(22)11-13)17(25)23-9-5-6-10-30-19(27)12(2)3/h7-8,11,16H,2,4-6,9-10,21-22H2,1,3H3,(H,23,25)(H,24,26). The van der Waals surface area contributed by atoms with Crippen molar-refractivity contribution >= 4 is 40.8 Å². The van der Waals surface area contributed by atoms with Crippen LogP contribution in [0.2, 0.25) is 0 Å². The highest BCUT2D eigenvalue weighted by Gasteiger charge is 2.35. The number of nitrogens with one attached hydrogen (secondary N) is 2. The number of rotatable bonds is 11. The average molecular weight is 420 g/mol. The molecule has 10 nitrogen and oxygen atoms in total. The Bertz CT molecular complexity index is 808. The van der Waals surface area contributed by atoms with Gasteiger partial charge < -0.3 is 31.6 Å². The summed E-state index contributed by atoms with van der Waals surface area (Å²) >= 11 is 0. The fourth-order valence-electron chi connectivity index (χ4n) is 2.25. The van der Waals surface area contributed by atoms with Crippen LogP contribution in [0, 0.1) is 5.92 Å². The Hall–Kier alpha value is -3.56. The van der Waals surface area contributed by atoms with Crippen molar-refractivity contribution in [3.05, 3.63) is 30.4 Å². The van der Waals surface area contributed by atoms with Gasteiger partial charge >= 0.3 is 11.9 Å². The van der Waals surface area contributed by atoms with E-state index in [1.807, 2.05) is 0 Å². The van der Waals surface area contributed by atoms with Crippen LogP contribution in [-0.4, -0.2) is 43.5 Å². The fourth-order valence-corrected chi connectivity index (χ4v) is 2.25. The van der Waals surface area contributed by atoms with Crippen LogP contribution in [0.4, 0.5) is 17.1 Å². The SMILES string of the molecule is C=C(C)C(=O)OCCCCNC(=O)C(C(=O)Nc1ccc(N)c(N)c1)C(=O)OCC. The zero-order valence-electron chi connectivity index (χ0n) is 17.2. The molecule has 10 heteroatoms. The lowest BCUT2D eigenvalue weighted by molar-refractivity contribution is -0.154. The summed E-state index contributed by atoms with van der Waals surface area (Å²) in [5, 5.41) is 4.98. The van der Waals surface area contributed by atoms with Gasteiger partial charge in [-0.05, 0) is 44.9 Å². The molecule has 1 aromatic carbocycles. The van der Waals surface area contributed by atoms with Gasteiger partial charge in [0.2, 0.25) is 17.7 Å². The predicted molar refractivity (Wildman–Crippen MR) is 112 cm³/mol. The van der Waals surface area contributed by atoms with E-state index < -0.39 is 29.7 Å². The third-order valence-electron chi connectivity index (χ3n) is 3.85. The molecular formula is C20H28N4O6. The molecule has 1 aromatic rings. The lowest BCUT2D eigenvalue weighted by atomic mass is 10.1. The van der Waals surface area contributed by atoms with Gasteiger partial charge in [-0.1, -0.05) is 6.58 Å². The summed E-state index contributed by atoms with van der Waals surface area (Å²) in [6, 6.07) is 4.40. The van der Waals surface area contributed by atoms with Crippen molar-refractivity contribution in [3.8, 4) is 0 Å². The summed E-state index contributed by atoms with van der Waals surface area (Å²) < 4.78 is 9.79. The average Bonchev–Trinajstić information content (AvgIpc) is 2.67. The molecular weight excluding hydrogens is 392 g/mol. The number of esters is 2. The largest absolute Gasteiger partial charge is 0.465 e. The molecule has 0 saturated heterocycles. The van der Waals surface area contributed by atoms with Crippen molar-refractivity contribution in [2.45, 2.75) is 26.7 Å². The molecule has 1 atom stereocenters. The minimum atomic E-state index is -1.69. The normalized spacial score (nSPS) is 11.1. The molecule has 0 heterocycles. The molecule has 30 heavy (non-hydrogen) atoms. The van der Waals surface area contributed by atoms with Crippen LogP contribution in [0.3, 0.4) is 0 Å². The van der Waals surface area contributed by atoms with E-state index >= 15 is 0 Å². The van der Waals surface area contributed by atoms with Crippen LogP contribution in [0.15, 0.2) is 30.4 Å². The minimum absolute atomic E-state index is 0.0127. The Balaban J connectivity index is 2.63. The van der Waals surface area contributed by atoms with E-state index in [-0.39, 0.29) is 31.1 Å². The van der Waals surface area contributed by atoms with Crippen LogP contribution < -0.4 is 22.1 Å². The summed E-state index contributed by atoms with van der Waals surface area (Å²) in [6.45, 7) is 6.95. The highest BCUT2D eigenvalue weighted by molar-refractivity contribution is 6.19. The van der Waals surface area contributed by atoms with Crippen LogP contribution in [-0.2, 0) is 28.7 Å². The molecule has 0 radical (unpaired) electrons. The van der Waals surface area contributed by atoms with Crippen molar-refractivity contribution in [2.75, 3.05) is 36.5 Å². The zero-order valence-corrected chi connectivity index (χ0v) is 17.2. The zero-order chi connectivity index (χ0) is 22.7. The van der Waals surface area contributed by atoms with Gasteiger partial charge in [-0.25, -0.2) is 4.79 Å². The van der Waals surface area contributed by atoms with Gasteiger partial charge in [0.05, 0.1) is 24.6 Å². The second-order valence-electron chi connectivity index (χ2n) is 6.43. The first-order valence-electron chi connectivity index (χ1n) is 9.40. The number of anilines is 3. The van der Waals surface area contributed by atoms with Gasteiger partial charge in [-0.3, -0.25) is 14.4 Å². The van der Waals surface area contributed by atoms with Gasteiger partial charge in [0.1, 0.15) is 0 Å². The van der Waals surface area contributed by atoms with E-state index in [0.717, 1.165) is 0 Å².